The van der Waals surface area contributed by atoms with Crippen LogP contribution in [0.5, 0.6) is 0 Å². The van der Waals surface area contributed by atoms with Gasteiger partial charge in [-0.2, -0.15) is 0 Å². The number of carbonyl (C=O) groups excluding carboxylic acids is 3. The van der Waals surface area contributed by atoms with Gasteiger partial charge in [0.05, 0.1) is 0 Å². The summed E-state index contributed by atoms with van der Waals surface area (Å²) in [7, 11) is 0. The fraction of sp³-hybridized carbons (Fsp3) is 0.814. The molecule has 0 saturated carbocycles. The molecule has 0 N–H and O–H groups in total. The van der Waals surface area contributed by atoms with Gasteiger partial charge < -0.3 is 14.2 Å². The van der Waals surface area contributed by atoms with Crippen LogP contribution in [0, 0.1) is 0 Å². The van der Waals surface area contributed by atoms with Crippen LogP contribution in [0.15, 0.2) is 48.6 Å². The van der Waals surface area contributed by atoms with Gasteiger partial charge in [-0.3, -0.25) is 14.4 Å². The Morgan fingerprint density at radius 3 is 0.938 bits per heavy atom. The molecule has 0 heterocycles. The van der Waals surface area contributed by atoms with Crippen molar-refractivity contribution in [2.24, 2.45) is 0 Å². The van der Waals surface area contributed by atoms with E-state index in [2.05, 4.69) is 69.4 Å². The molecular weight excluding hydrogens is 805 g/mol. The van der Waals surface area contributed by atoms with Gasteiger partial charge in [-0.1, -0.05) is 223 Å². The maximum atomic E-state index is 12.8. The van der Waals surface area contributed by atoms with Gasteiger partial charge >= 0.3 is 17.9 Å². The predicted molar refractivity (Wildman–Crippen MR) is 279 cm³/mol. The SMILES string of the molecule is CCCC/C=C\C/C=C\CCCCCCCC(=O)OC(COC(=O)CCCCCCC/C=C\CCCCC)COC(=O)CCCCCCCCCCC/C=C\CCCCCCCCCC. The van der Waals surface area contributed by atoms with E-state index in [4.69, 9.17) is 14.2 Å². The molecule has 1 atom stereocenters. The number of hydrogen-bond donors (Lipinski definition) is 0. The van der Waals surface area contributed by atoms with Crippen molar-refractivity contribution in [3.05, 3.63) is 48.6 Å². The van der Waals surface area contributed by atoms with E-state index in [1.54, 1.807) is 0 Å². The first-order chi connectivity index (χ1) is 32.0. The Labute approximate surface area is 403 Å². The first kappa shape index (κ1) is 62.4. The lowest BCUT2D eigenvalue weighted by Gasteiger charge is -2.18. The van der Waals surface area contributed by atoms with Crippen molar-refractivity contribution < 1.29 is 28.6 Å². The van der Waals surface area contributed by atoms with Gasteiger partial charge in [0.15, 0.2) is 6.10 Å². The van der Waals surface area contributed by atoms with Crippen LogP contribution < -0.4 is 0 Å². The van der Waals surface area contributed by atoms with Crippen molar-refractivity contribution in [3.63, 3.8) is 0 Å². The van der Waals surface area contributed by atoms with Crippen molar-refractivity contribution in [1.82, 2.24) is 0 Å². The molecule has 6 heteroatoms. The molecule has 1 unspecified atom stereocenters. The summed E-state index contributed by atoms with van der Waals surface area (Å²) in [6.45, 7) is 6.58. The molecule has 0 aliphatic carbocycles. The van der Waals surface area contributed by atoms with Crippen LogP contribution in [0.25, 0.3) is 0 Å². The summed E-state index contributed by atoms with van der Waals surface area (Å²) in [5, 5.41) is 0. The summed E-state index contributed by atoms with van der Waals surface area (Å²) in [5.41, 5.74) is 0. The van der Waals surface area contributed by atoms with E-state index in [0.29, 0.717) is 19.3 Å². The molecule has 0 saturated heterocycles. The highest BCUT2D eigenvalue weighted by molar-refractivity contribution is 5.71. The molecule has 6 nitrogen and oxygen atoms in total. The van der Waals surface area contributed by atoms with Gasteiger partial charge in [0.2, 0.25) is 0 Å². The maximum Gasteiger partial charge on any atom is 0.306 e. The molecule has 0 bridgehead atoms. The van der Waals surface area contributed by atoms with Gasteiger partial charge in [-0.05, 0) is 96.3 Å². The van der Waals surface area contributed by atoms with Crippen LogP contribution in [0.2, 0.25) is 0 Å². The molecule has 378 valence electrons. The average molecular weight is 911 g/mol. The predicted octanol–water partition coefficient (Wildman–Crippen LogP) is 18.7. The fourth-order valence-electron chi connectivity index (χ4n) is 7.98. The van der Waals surface area contributed by atoms with Crippen molar-refractivity contribution >= 4 is 17.9 Å². The molecule has 0 aromatic rings. The van der Waals surface area contributed by atoms with Crippen LogP contribution in [0.3, 0.4) is 0 Å². The summed E-state index contributed by atoms with van der Waals surface area (Å²) in [4.78, 5) is 38.0. The Hall–Kier alpha value is -2.63. The minimum atomic E-state index is -0.783. The van der Waals surface area contributed by atoms with Crippen LogP contribution in [0.4, 0.5) is 0 Å². The topological polar surface area (TPSA) is 78.9 Å². The minimum absolute atomic E-state index is 0.0814. The summed E-state index contributed by atoms with van der Waals surface area (Å²) in [5.74, 6) is -0.897. The first-order valence-corrected chi connectivity index (χ1v) is 28.1. The molecule has 0 aliphatic rings. The zero-order valence-electron chi connectivity index (χ0n) is 43.3. The van der Waals surface area contributed by atoms with E-state index in [1.807, 2.05) is 0 Å². The van der Waals surface area contributed by atoms with Gasteiger partial charge in [-0.25, -0.2) is 0 Å². The number of unbranched alkanes of at least 4 members (excludes halogenated alkanes) is 32. The third-order valence-electron chi connectivity index (χ3n) is 12.3. The van der Waals surface area contributed by atoms with Crippen molar-refractivity contribution in [1.29, 1.82) is 0 Å². The molecule has 65 heavy (non-hydrogen) atoms. The number of ether oxygens (including phenoxy) is 3. The van der Waals surface area contributed by atoms with E-state index in [0.717, 1.165) is 89.9 Å². The van der Waals surface area contributed by atoms with Crippen LogP contribution in [0.1, 0.15) is 290 Å². The summed E-state index contributed by atoms with van der Waals surface area (Å²) in [6.07, 6.45) is 65.3. The van der Waals surface area contributed by atoms with Crippen LogP contribution in [-0.2, 0) is 28.6 Å². The average Bonchev–Trinajstić information content (AvgIpc) is 3.30. The highest BCUT2D eigenvalue weighted by atomic mass is 16.6. The third-order valence-corrected chi connectivity index (χ3v) is 12.3. The number of rotatable bonds is 51. The highest BCUT2D eigenvalue weighted by Crippen LogP contribution is 2.15. The normalized spacial score (nSPS) is 12.4. The number of carbonyl (C=O) groups is 3. The molecule has 0 fully saturated rings. The maximum absolute atomic E-state index is 12.8. The second-order valence-electron chi connectivity index (χ2n) is 18.8. The largest absolute Gasteiger partial charge is 0.462 e. The quantitative estimate of drug-likeness (QED) is 0.0262. The zero-order valence-corrected chi connectivity index (χ0v) is 43.3. The highest BCUT2D eigenvalue weighted by Gasteiger charge is 2.19. The van der Waals surface area contributed by atoms with E-state index < -0.39 is 6.10 Å². The molecule has 0 rings (SSSR count). The van der Waals surface area contributed by atoms with Crippen molar-refractivity contribution in [3.8, 4) is 0 Å². The second-order valence-corrected chi connectivity index (χ2v) is 18.8. The van der Waals surface area contributed by atoms with E-state index in [1.165, 1.54) is 161 Å². The van der Waals surface area contributed by atoms with Gasteiger partial charge in [0.25, 0.3) is 0 Å². The van der Waals surface area contributed by atoms with Gasteiger partial charge in [0.1, 0.15) is 13.2 Å². The molecule has 0 amide bonds. The lowest BCUT2D eigenvalue weighted by Crippen LogP contribution is -2.30. The summed E-state index contributed by atoms with van der Waals surface area (Å²) >= 11 is 0. The summed E-state index contributed by atoms with van der Waals surface area (Å²) < 4.78 is 16.8. The Balaban J connectivity index is 4.31. The molecule has 0 aliphatic heterocycles. The molecule has 0 radical (unpaired) electrons. The Morgan fingerprint density at radius 2 is 0.569 bits per heavy atom. The Kier molecular flexibility index (Phi) is 51.8. The third kappa shape index (κ3) is 52.2. The minimum Gasteiger partial charge on any atom is -0.462 e. The molecular formula is C59H106O6. The molecule has 0 aromatic heterocycles. The first-order valence-electron chi connectivity index (χ1n) is 28.1. The van der Waals surface area contributed by atoms with Gasteiger partial charge in [-0.15, -0.1) is 0 Å². The van der Waals surface area contributed by atoms with Crippen LogP contribution in [-0.4, -0.2) is 37.2 Å². The van der Waals surface area contributed by atoms with E-state index in [9.17, 15) is 14.4 Å². The fourth-order valence-corrected chi connectivity index (χ4v) is 7.98. The Bertz CT molecular complexity index is 1140. The number of esters is 3. The number of allylic oxidation sites excluding steroid dienone is 8. The van der Waals surface area contributed by atoms with Gasteiger partial charge in [0, 0.05) is 19.3 Å². The molecule has 0 spiro atoms. The van der Waals surface area contributed by atoms with Crippen molar-refractivity contribution in [2.45, 2.75) is 297 Å². The Morgan fingerprint density at radius 1 is 0.308 bits per heavy atom. The smallest absolute Gasteiger partial charge is 0.306 e. The lowest BCUT2D eigenvalue weighted by atomic mass is 10.1. The molecule has 0 aromatic carbocycles. The van der Waals surface area contributed by atoms with Crippen LogP contribution >= 0.6 is 0 Å². The second kappa shape index (κ2) is 54.0. The van der Waals surface area contributed by atoms with Crippen molar-refractivity contribution in [2.75, 3.05) is 13.2 Å². The number of hydrogen-bond acceptors (Lipinski definition) is 6. The zero-order chi connectivity index (χ0) is 47.2. The monoisotopic (exact) mass is 911 g/mol. The summed E-state index contributed by atoms with van der Waals surface area (Å²) in [6, 6.07) is 0. The lowest BCUT2D eigenvalue weighted by molar-refractivity contribution is -0.167. The van der Waals surface area contributed by atoms with E-state index >= 15 is 0 Å². The standard InChI is InChI=1S/C59H106O6/c1-4-7-10-13-16-19-22-25-27-28-29-30-31-32-33-35-37-40-43-46-49-52-58(61)64-55-56(54-63-57(60)51-48-45-42-39-36-24-21-18-15-12-9-6-3)65-59(62)53-50-47-44-41-38-34-26-23-20-17-14-11-8-5-2/h14,17-18,21,23,26,28-29,56H,4-13,15-16,19-20,22,24-25,27,30-55H2,1-3H3/b17-14-,21-18-,26-23-,29-28-. The van der Waals surface area contributed by atoms with E-state index in [-0.39, 0.29) is 31.1 Å².